The monoisotopic (exact) mass is 326 g/mol. The summed E-state index contributed by atoms with van der Waals surface area (Å²) in [6.07, 6.45) is 1.11. The molecule has 126 valence electrons. The number of benzene rings is 2. The van der Waals surface area contributed by atoms with Crippen molar-refractivity contribution >= 4 is 22.8 Å². The summed E-state index contributed by atoms with van der Waals surface area (Å²) in [5, 5.41) is 4.90. The lowest BCUT2D eigenvalue weighted by Gasteiger charge is -2.32. The first-order chi connectivity index (χ1) is 11.7. The van der Waals surface area contributed by atoms with Gasteiger partial charge in [-0.1, -0.05) is 36.4 Å². The third kappa shape index (κ3) is 3.50. The molecule has 1 aliphatic heterocycles. The Balaban J connectivity index is 1.66. The molecule has 1 aliphatic rings. The Labute approximate surface area is 141 Å². The van der Waals surface area contributed by atoms with Gasteiger partial charge in [0.05, 0.1) is 6.61 Å². The van der Waals surface area contributed by atoms with Crippen molar-refractivity contribution in [2.24, 2.45) is 0 Å². The van der Waals surface area contributed by atoms with Gasteiger partial charge in [0.2, 0.25) is 0 Å². The summed E-state index contributed by atoms with van der Waals surface area (Å²) in [6.45, 7) is 3.42. The fourth-order valence-corrected chi connectivity index (χ4v) is 3.15. The van der Waals surface area contributed by atoms with Gasteiger partial charge in [-0.05, 0) is 36.6 Å². The highest BCUT2D eigenvalue weighted by atomic mass is 16.5. The second-order valence-electron chi connectivity index (χ2n) is 5.96. The van der Waals surface area contributed by atoms with Crippen LogP contribution in [0.5, 0.6) is 0 Å². The van der Waals surface area contributed by atoms with Gasteiger partial charge in [0, 0.05) is 24.7 Å². The van der Waals surface area contributed by atoms with Crippen molar-refractivity contribution in [2.45, 2.75) is 25.8 Å². The Morgan fingerprint density at radius 3 is 2.58 bits per heavy atom. The number of alkyl carbamates (subject to hydrolysis) is 1. The van der Waals surface area contributed by atoms with Crippen LogP contribution in [0.4, 0.5) is 4.79 Å². The van der Waals surface area contributed by atoms with Crippen molar-refractivity contribution in [3.63, 3.8) is 0 Å². The van der Waals surface area contributed by atoms with Gasteiger partial charge in [-0.2, -0.15) is 0 Å². The Hall–Kier alpha value is -2.56. The molecule has 0 atom stereocenters. The van der Waals surface area contributed by atoms with Gasteiger partial charge >= 0.3 is 6.09 Å². The topological polar surface area (TPSA) is 58.6 Å². The van der Waals surface area contributed by atoms with Crippen LogP contribution in [-0.2, 0) is 4.74 Å². The molecule has 2 aromatic carbocycles. The molecule has 0 unspecified atom stereocenters. The molecule has 3 rings (SSSR count). The molecule has 0 aliphatic carbocycles. The summed E-state index contributed by atoms with van der Waals surface area (Å²) in [5.74, 6) is 0.0568. The van der Waals surface area contributed by atoms with E-state index in [1.54, 1.807) is 6.92 Å². The van der Waals surface area contributed by atoms with Gasteiger partial charge in [0.1, 0.15) is 0 Å². The Morgan fingerprint density at radius 1 is 1.12 bits per heavy atom. The van der Waals surface area contributed by atoms with Crippen molar-refractivity contribution in [3.8, 4) is 0 Å². The second-order valence-corrected chi connectivity index (χ2v) is 5.96. The predicted molar refractivity (Wildman–Crippen MR) is 93.0 cm³/mol. The van der Waals surface area contributed by atoms with Crippen LogP contribution in [0.25, 0.3) is 10.8 Å². The number of nitrogens with zero attached hydrogens (tertiary/aromatic N) is 1. The van der Waals surface area contributed by atoms with E-state index in [0.29, 0.717) is 19.7 Å². The van der Waals surface area contributed by atoms with E-state index in [2.05, 4.69) is 5.32 Å². The zero-order valence-electron chi connectivity index (χ0n) is 13.8. The molecule has 24 heavy (non-hydrogen) atoms. The molecule has 0 saturated carbocycles. The van der Waals surface area contributed by atoms with Crippen LogP contribution in [0.3, 0.4) is 0 Å². The van der Waals surface area contributed by atoms with Crippen molar-refractivity contribution in [2.75, 3.05) is 19.7 Å². The number of rotatable bonds is 3. The number of hydrogen-bond donors (Lipinski definition) is 1. The van der Waals surface area contributed by atoms with Gasteiger partial charge in [0.25, 0.3) is 5.91 Å². The van der Waals surface area contributed by atoms with Crippen LogP contribution >= 0.6 is 0 Å². The number of likely N-dealkylation sites (tertiary alicyclic amines) is 1. The summed E-state index contributed by atoms with van der Waals surface area (Å²) >= 11 is 0. The third-order valence-electron chi connectivity index (χ3n) is 4.40. The van der Waals surface area contributed by atoms with E-state index in [0.717, 1.165) is 29.2 Å². The lowest BCUT2D eigenvalue weighted by molar-refractivity contribution is 0.0704. The van der Waals surface area contributed by atoms with Crippen LogP contribution in [0.15, 0.2) is 42.5 Å². The van der Waals surface area contributed by atoms with Crippen molar-refractivity contribution in [3.05, 3.63) is 48.0 Å². The smallest absolute Gasteiger partial charge is 0.407 e. The van der Waals surface area contributed by atoms with Crippen molar-refractivity contribution < 1.29 is 14.3 Å². The highest BCUT2D eigenvalue weighted by Gasteiger charge is 2.25. The number of piperidine rings is 1. The molecule has 0 radical (unpaired) electrons. The molecule has 2 amide bonds. The normalized spacial score (nSPS) is 15.3. The van der Waals surface area contributed by atoms with Gasteiger partial charge in [-0.3, -0.25) is 4.79 Å². The van der Waals surface area contributed by atoms with Crippen LogP contribution in [0.2, 0.25) is 0 Å². The number of ether oxygens (including phenoxy) is 1. The molecule has 0 bridgehead atoms. The summed E-state index contributed by atoms with van der Waals surface area (Å²) in [6, 6.07) is 13.8. The molecule has 0 aromatic heterocycles. The molecular weight excluding hydrogens is 304 g/mol. The number of carbonyl (C=O) groups is 2. The fourth-order valence-electron chi connectivity index (χ4n) is 3.15. The number of carbonyl (C=O) groups excluding carboxylic acids is 2. The number of fused-ring (bicyclic) bond motifs is 1. The Bertz CT molecular complexity index is 731. The van der Waals surface area contributed by atoms with E-state index < -0.39 is 0 Å². The molecule has 5 nitrogen and oxygen atoms in total. The summed E-state index contributed by atoms with van der Waals surface area (Å²) < 4.78 is 4.91. The minimum atomic E-state index is -0.378. The predicted octanol–water partition coefficient (Wildman–Crippen LogP) is 3.19. The Kier molecular flexibility index (Phi) is 4.99. The first kappa shape index (κ1) is 16.3. The van der Waals surface area contributed by atoms with Gasteiger partial charge in [-0.15, -0.1) is 0 Å². The average molecular weight is 326 g/mol. The zero-order valence-corrected chi connectivity index (χ0v) is 13.8. The molecule has 1 heterocycles. The van der Waals surface area contributed by atoms with E-state index >= 15 is 0 Å². The highest BCUT2D eigenvalue weighted by molar-refractivity contribution is 6.07. The lowest BCUT2D eigenvalue weighted by atomic mass is 10.0. The third-order valence-corrected chi connectivity index (χ3v) is 4.40. The summed E-state index contributed by atoms with van der Waals surface area (Å²) in [4.78, 5) is 26.2. The molecule has 1 saturated heterocycles. The van der Waals surface area contributed by atoms with E-state index in [1.807, 2.05) is 47.4 Å². The second kappa shape index (κ2) is 7.34. The minimum absolute atomic E-state index is 0.0568. The van der Waals surface area contributed by atoms with E-state index in [4.69, 9.17) is 4.74 Å². The number of nitrogens with one attached hydrogen (secondary N) is 1. The first-order valence-electron chi connectivity index (χ1n) is 8.39. The largest absolute Gasteiger partial charge is 0.450 e. The molecule has 1 fully saturated rings. The van der Waals surface area contributed by atoms with Crippen LogP contribution in [0, 0.1) is 0 Å². The zero-order chi connectivity index (χ0) is 16.9. The van der Waals surface area contributed by atoms with Gasteiger partial charge in [0.15, 0.2) is 0 Å². The van der Waals surface area contributed by atoms with E-state index in [9.17, 15) is 9.59 Å². The van der Waals surface area contributed by atoms with Crippen molar-refractivity contribution in [1.82, 2.24) is 10.2 Å². The summed E-state index contributed by atoms with van der Waals surface area (Å²) in [5.41, 5.74) is 0.741. The van der Waals surface area contributed by atoms with Gasteiger partial charge < -0.3 is 15.0 Å². The number of hydrogen-bond acceptors (Lipinski definition) is 3. The average Bonchev–Trinajstić information content (AvgIpc) is 2.61. The summed E-state index contributed by atoms with van der Waals surface area (Å²) in [7, 11) is 0. The first-order valence-corrected chi connectivity index (χ1v) is 8.39. The Morgan fingerprint density at radius 2 is 1.83 bits per heavy atom. The maximum Gasteiger partial charge on any atom is 0.407 e. The van der Waals surface area contributed by atoms with Crippen LogP contribution < -0.4 is 5.32 Å². The molecule has 2 aromatic rings. The fraction of sp³-hybridized carbons (Fsp3) is 0.368. The molecular formula is C19H22N2O3. The molecule has 1 N–H and O–H groups in total. The maximum atomic E-state index is 12.9. The number of amides is 2. The standard InChI is InChI=1S/C19H22N2O3/c1-2-24-19(23)20-15-10-12-21(13-11-15)18(22)17-9-5-7-14-6-3-4-8-16(14)17/h3-9,15H,2,10-13H2,1H3,(H,20,23). The quantitative estimate of drug-likeness (QED) is 0.942. The van der Waals surface area contributed by atoms with Crippen LogP contribution in [-0.4, -0.2) is 42.6 Å². The SMILES string of the molecule is CCOC(=O)NC1CCN(C(=O)c2cccc3ccccc23)CC1. The highest BCUT2D eigenvalue weighted by Crippen LogP contribution is 2.22. The maximum absolute atomic E-state index is 12.9. The van der Waals surface area contributed by atoms with Gasteiger partial charge in [-0.25, -0.2) is 4.79 Å². The van der Waals surface area contributed by atoms with E-state index in [-0.39, 0.29) is 18.0 Å². The van der Waals surface area contributed by atoms with Crippen LogP contribution in [0.1, 0.15) is 30.1 Å². The molecule has 0 spiro atoms. The minimum Gasteiger partial charge on any atom is -0.450 e. The van der Waals surface area contributed by atoms with Crippen molar-refractivity contribution in [1.29, 1.82) is 0 Å². The lowest BCUT2D eigenvalue weighted by Crippen LogP contribution is -2.46. The molecule has 5 heteroatoms. The van der Waals surface area contributed by atoms with E-state index in [1.165, 1.54) is 0 Å².